The van der Waals surface area contributed by atoms with Crippen molar-refractivity contribution in [3.63, 3.8) is 0 Å². The molecule has 0 radical (unpaired) electrons. The number of esters is 1. The zero-order valence-corrected chi connectivity index (χ0v) is 15.6. The summed E-state index contributed by atoms with van der Waals surface area (Å²) in [6.07, 6.45) is 0. The Morgan fingerprint density at radius 2 is 1.63 bits per heavy atom. The van der Waals surface area contributed by atoms with Crippen LogP contribution in [0.2, 0.25) is 0 Å². The number of anilines is 1. The van der Waals surface area contributed by atoms with Gasteiger partial charge in [-0.15, -0.1) is 0 Å². The van der Waals surface area contributed by atoms with E-state index in [9.17, 15) is 14.4 Å². The van der Waals surface area contributed by atoms with Crippen molar-refractivity contribution in [1.29, 1.82) is 0 Å². The maximum atomic E-state index is 12.5. The minimum atomic E-state index is -0.537. The third kappa shape index (κ3) is 6.23. The lowest BCUT2D eigenvalue weighted by atomic mass is 10.1. The molecule has 2 amide bonds. The van der Waals surface area contributed by atoms with Crippen molar-refractivity contribution >= 4 is 23.5 Å². The second-order valence-corrected chi connectivity index (χ2v) is 6.23. The molecule has 0 spiro atoms. The van der Waals surface area contributed by atoms with Gasteiger partial charge < -0.3 is 20.3 Å². The first-order valence-corrected chi connectivity index (χ1v) is 8.39. The molecule has 2 aromatic carbocycles. The van der Waals surface area contributed by atoms with Crippen molar-refractivity contribution < 1.29 is 19.1 Å². The molecule has 0 aliphatic heterocycles. The Hall–Kier alpha value is -3.19. The molecule has 0 saturated heterocycles. The predicted octanol–water partition coefficient (Wildman–Crippen LogP) is 1.90. The fraction of sp³-hybridized carbons (Fsp3) is 0.250. The Labute approximate surface area is 158 Å². The molecule has 0 aromatic heterocycles. The number of nitrogens with zero attached hydrogens (tertiary/aromatic N) is 1. The van der Waals surface area contributed by atoms with Crippen LogP contribution < -0.4 is 10.6 Å². The van der Waals surface area contributed by atoms with Crippen LogP contribution in [0.15, 0.2) is 48.5 Å². The smallest absolute Gasteiger partial charge is 0.325 e. The highest BCUT2D eigenvalue weighted by Gasteiger charge is 2.11. The second-order valence-electron chi connectivity index (χ2n) is 6.23. The van der Waals surface area contributed by atoms with Crippen LogP contribution in [0.4, 0.5) is 5.69 Å². The van der Waals surface area contributed by atoms with Gasteiger partial charge in [-0.2, -0.15) is 0 Å². The molecule has 0 aliphatic rings. The van der Waals surface area contributed by atoms with E-state index in [1.165, 1.54) is 7.11 Å². The molecular formula is C20H23N3O4. The molecule has 0 saturated carbocycles. The zero-order valence-electron chi connectivity index (χ0n) is 15.6. The molecule has 7 heteroatoms. The fourth-order valence-corrected chi connectivity index (χ4v) is 2.44. The fourth-order valence-electron chi connectivity index (χ4n) is 2.44. The van der Waals surface area contributed by atoms with E-state index in [1.54, 1.807) is 30.3 Å². The van der Waals surface area contributed by atoms with E-state index in [1.807, 2.05) is 37.2 Å². The van der Waals surface area contributed by atoms with E-state index >= 15 is 0 Å². The van der Waals surface area contributed by atoms with Crippen LogP contribution in [0.25, 0.3) is 0 Å². The SMILES string of the molecule is COC(=O)CNC(=O)c1cccc(NC(=O)c2cccc(CN(C)C)c2)c1. The van der Waals surface area contributed by atoms with Gasteiger partial charge in [0.05, 0.1) is 7.11 Å². The number of carbonyl (C=O) groups excluding carboxylic acids is 3. The molecule has 0 aliphatic carbocycles. The maximum Gasteiger partial charge on any atom is 0.325 e. The summed E-state index contributed by atoms with van der Waals surface area (Å²) in [6.45, 7) is 0.515. The highest BCUT2D eigenvalue weighted by molar-refractivity contribution is 6.05. The van der Waals surface area contributed by atoms with E-state index in [-0.39, 0.29) is 12.5 Å². The summed E-state index contributed by atoms with van der Waals surface area (Å²) in [5.41, 5.74) is 2.39. The van der Waals surface area contributed by atoms with Crippen LogP contribution >= 0.6 is 0 Å². The van der Waals surface area contributed by atoms with Gasteiger partial charge in [-0.05, 0) is 50.0 Å². The lowest BCUT2D eigenvalue weighted by molar-refractivity contribution is -0.139. The van der Waals surface area contributed by atoms with Crippen molar-refractivity contribution in [3.05, 3.63) is 65.2 Å². The molecule has 0 atom stereocenters. The van der Waals surface area contributed by atoms with E-state index in [4.69, 9.17) is 0 Å². The molecule has 2 N–H and O–H groups in total. The van der Waals surface area contributed by atoms with Crippen LogP contribution in [0.5, 0.6) is 0 Å². The van der Waals surface area contributed by atoms with Crippen LogP contribution in [0.3, 0.4) is 0 Å². The minimum absolute atomic E-state index is 0.218. The standard InChI is InChI=1S/C20H23N3O4/c1-23(2)13-14-6-4-7-15(10-14)20(26)22-17-9-5-8-16(11-17)19(25)21-12-18(24)27-3/h4-11H,12-13H2,1-3H3,(H,21,25)(H,22,26). The summed E-state index contributed by atoms with van der Waals surface area (Å²) in [5.74, 6) is -1.22. The van der Waals surface area contributed by atoms with Crippen LogP contribution in [-0.2, 0) is 16.1 Å². The Morgan fingerprint density at radius 3 is 2.30 bits per heavy atom. The van der Waals surface area contributed by atoms with Gasteiger partial charge in [-0.25, -0.2) is 0 Å². The molecule has 2 rings (SSSR count). The molecule has 7 nitrogen and oxygen atoms in total. The lowest BCUT2D eigenvalue weighted by Crippen LogP contribution is -2.30. The average molecular weight is 369 g/mol. The van der Waals surface area contributed by atoms with Gasteiger partial charge in [-0.3, -0.25) is 14.4 Å². The first-order valence-electron chi connectivity index (χ1n) is 8.39. The highest BCUT2D eigenvalue weighted by Crippen LogP contribution is 2.14. The van der Waals surface area contributed by atoms with Gasteiger partial charge in [0.15, 0.2) is 0 Å². The molecule has 27 heavy (non-hydrogen) atoms. The van der Waals surface area contributed by atoms with E-state index in [0.717, 1.165) is 12.1 Å². The Bertz CT molecular complexity index is 833. The summed E-state index contributed by atoms with van der Waals surface area (Å²) in [7, 11) is 5.17. The van der Waals surface area contributed by atoms with Crippen molar-refractivity contribution in [1.82, 2.24) is 10.2 Å². The largest absolute Gasteiger partial charge is 0.468 e. The Morgan fingerprint density at radius 1 is 0.963 bits per heavy atom. The first-order chi connectivity index (χ1) is 12.9. The second kappa shape index (κ2) is 9.49. The van der Waals surface area contributed by atoms with Gasteiger partial charge in [-0.1, -0.05) is 18.2 Å². The van der Waals surface area contributed by atoms with Crippen molar-refractivity contribution in [3.8, 4) is 0 Å². The number of hydrogen-bond acceptors (Lipinski definition) is 5. The van der Waals surface area contributed by atoms with E-state index in [0.29, 0.717) is 16.8 Å². The van der Waals surface area contributed by atoms with Gasteiger partial charge in [0, 0.05) is 23.4 Å². The van der Waals surface area contributed by atoms with Crippen molar-refractivity contribution in [2.45, 2.75) is 6.54 Å². The van der Waals surface area contributed by atoms with Crippen LogP contribution in [-0.4, -0.2) is 50.4 Å². The number of ether oxygens (including phenoxy) is 1. The Balaban J connectivity index is 2.06. The topological polar surface area (TPSA) is 87.7 Å². The quantitative estimate of drug-likeness (QED) is 0.728. The third-order valence-corrected chi connectivity index (χ3v) is 3.69. The Kier molecular flexibility index (Phi) is 7.08. The average Bonchev–Trinajstić information content (AvgIpc) is 2.65. The number of amides is 2. The maximum absolute atomic E-state index is 12.5. The number of rotatable bonds is 7. The van der Waals surface area contributed by atoms with Gasteiger partial charge >= 0.3 is 5.97 Å². The summed E-state index contributed by atoms with van der Waals surface area (Å²) in [6, 6.07) is 13.9. The first kappa shape index (κ1) is 20.1. The predicted molar refractivity (Wildman–Crippen MR) is 103 cm³/mol. The zero-order chi connectivity index (χ0) is 19.8. The van der Waals surface area contributed by atoms with Gasteiger partial charge in [0.25, 0.3) is 11.8 Å². The number of benzene rings is 2. The van der Waals surface area contributed by atoms with Crippen LogP contribution in [0, 0.1) is 0 Å². The number of methoxy groups -OCH3 is 1. The minimum Gasteiger partial charge on any atom is -0.468 e. The van der Waals surface area contributed by atoms with Crippen LogP contribution in [0.1, 0.15) is 26.3 Å². The molecule has 0 bridgehead atoms. The number of hydrogen-bond donors (Lipinski definition) is 2. The summed E-state index contributed by atoms with van der Waals surface area (Å²) in [4.78, 5) is 37.7. The highest BCUT2D eigenvalue weighted by atomic mass is 16.5. The molecule has 2 aromatic rings. The van der Waals surface area contributed by atoms with E-state index in [2.05, 4.69) is 15.4 Å². The van der Waals surface area contributed by atoms with Crippen molar-refractivity contribution in [2.24, 2.45) is 0 Å². The molecule has 0 unspecified atom stereocenters. The lowest BCUT2D eigenvalue weighted by Gasteiger charge is -2.11. The van der Waals surface area contributed by atoms with Gasteiger partial charge in [0.1, 0.15) is 6.54 Å². The molecule has 142 valence electrons. The summed E-state index contributed by atoms with van der Waals surface area (Å²) in [5, 5.41) is 5.24. The van der Waals surface area contributed by atoms with E-state index < -0.39 is 11.9 Å². The summed E-state index contributed by atoms with van der Waals surface area (Å²) >= 11 is 0. The van der Waals surface area contributed by atoms with Crippen molar-refractivity contribution in [2.75, 3.05) is 33.1 Å². The number of nitrogens with one attached hydrogen (secondary N) is 2. The third-order valence-electron chi connectivity index (χ3n) is 3.69. The van der Waals surface area contributed by atoms with Gasteiger partial charge in [0.2, 0.25) is 0 Å². The normalized spacial score (nSPS) is 10.4. The monoisotopic (exact) mass is 369 g/mol. The molecule has 0 heterocycles. The molecular weight excluding hydrogens is 346 g/mol. The summed E-state index contributed by atoms with van der Waals surface area (Å²) < 4.78 is 4.48. The molecule has 0 fully saturated rings. The number of carbonyl (C=O) groups is 3.